The number of aromatic nitrogens is 1. The van der Waals surface area contributed by atoms with Gasteiger partial charge in [0.15, 0.2) is 17.3 Å². The van der Waals surface area contributed by atoms with Crippen LogP contribution in [0.25, 0.3) is 6.08 Å². The van der Waals surface area contributed by atoms with Gasteiger partial charge in [0, 0.05) is 6.07 Å². The van der Waals surface area contributed by atoms with Gasteiger partial charge in [-0.05, 0) is 56.7 Å². The van der Waals surface area contributed by atoms with Crippen molar-refractivity contribution in [3.05, 3.63) is 76.6 Å². The highest BCUT2D eigenvalue weighted by atomic mass is 16.6. The lowest BCUT2D eigenvalue weighted by Crippen LogP contribution is -2.13. The van der Waals surface area contributed by atoms with Gasteiger partial charge in [-0.15, -0.1) is 0 Å². The predicted octanol–water partition coefficient (Wildman–Crippen LogP) is 4.46. The minimum absolute atomic E-state index is 0.141. The highest BCUT2D eigenvalue weighted by Crippen LogP contribution is 2.30. The Hall–Kier alpha value is -4.38. The van der Waals surface area contributed by atoms with E-state index in [0.717, 1.165) is 5.56 Å². The molecular weight excluding hydrogens is 410 g/mol. The lowest BCUT2D eigenvalue weighted by atomic mass is 10.1. The Bertz CT molecular complexity index is 1220. The maximum absolute atomic E-state index is 12.5. The van der Waals surface area contributed by atoms with Crippen LogP contribution < -0.4 is 14.8 Å². The Balaban J connectivity index is 1.83. The number of amides is 1. The largest absolute Gasteiger partial charge is 0.490 e. The minimum atomic E-state index is -0.631. The van der Waals surface area contributed by atoms with Crippen molar-refractivity contribution in [3.8, 4) is 17.6 Å². The number of nitrogens with zero attached hydrogens (tertiary/aromatic N) is 2. The molecule has 32 heavy (non-hydrogen) atoms. The van der Waals surface area contributed by atoms with Crippen molar-refractivity contribution in [2.45, 2.75) is 20.8 Å². The second-order valence-corrected chi connectivity index (χ2v) is 6.84. The van der Waals surface area contributed by atoms with Crippen LogP contribution in [-0.4, -0.2) is 23.6 Å². The number of hydrogen-bond donors (Lipinski definition) is 1. The molecule has 0 unspecified atom stereocenters. The first-order valence-electron chi connectivity index (χ1n) is 9.81. The second-order valence-electron chi connectivity index (χ2n) is 6.84. The molecular formula is C24H21N3O5. The fraction of sp³-hybridized carbons (Fsp3) is 0.167. The fourth-order valence-corrected chi connectivity index (χ4v) is 2.82. The number of nitriles is 1. The van der Waals surface area contributed by atoms with Crippen molar-refractivity contribution in [1.82, 2.24) is 5.16 Å². The van der Waals surface area contributed by atoms with Crippen LogP contribution in [0.4, 0.5) is 5.82 Å². The second kappa shape index (κ2) is 10.1. The molecule has 0 bridgehead atoms. The molecule has 1 N–H and O–H groups in total. The highest BCUT2D eigenvalue weighted by Gasteiger charge is 2.15. The lowest BCUT2D eigenvalue weighted by Gasteiger charge is -2.12. The topological polar surface area (TPSA) is 114 Å². The molecule has 1 amide bonds. The summed E-state index contributed by atoms with van der Waals surface area (Å²) in [6, 6.07) is 15.2. The molecule has 0 saturated heterocycles. The van der Waals surface area contributed by atoms with Crippen molar-refractivity contribution >= 4 is 23.8 Å². The quantitative estimate of drug-likeness (QED) is 0.254. The van der Waals surface area contributed by atoms with E-state index < -0.39 is 11.9 Å². The van der Waals surface area contributed by atoms with E-state index in [2.05, 4.69) is 10.5 Å². The van der Waals surface area contributed by atoms with Gasteiger partial charge >= 0.3 is 5.97 Å². The molecule has 8 heteroatoms. The van der Waals surface area contributed by atoms with E-state index in [1.165, 1.54) is 12.1 Å². The van der Waals surface area contributed by atoms with Crippen molar-refractivity contribution in [1.29, 1.82) is 5.26 Å². The van der Waals surface area contributed by atoms with Crippen LogP contribution in [0.2, 0.25) is 0 Å². The molecule has 0 radical (unpaired) electrons. The van der Waals surface area contributed by atoms with E-state index in [4.69, 9.17) is 14.0 Å². The summed E-state index contributed by atoms with van der Waals surface area (Å²) in [5, 5.41) is 15.6. The number of rotatable bonds is 7. The normalized spacial score (nSPS) is 10.9. The van der Waals surface area contributed by atoms with E-state index in [1.54, 1.807) is 50.2 Å². The Morgan fingerprint density at radius 1 is 1.16 bits per heavy atom. The first kappa shape index (κ1) is 22.3. The van der Waals surface area contributed by atoms with E-state index in [9.17, 15) is 14.9 Å². The van der Waals surface area contributed by atoms with Gasteiger partial charge in [-0.2, -0.15) is 5.26 Å². The molecule has 0 aliphatic heterocycles. The number of carbonyl (C=O) groups is 2. The number of benzene rings is 2. The number of hydrogen-bond acceptors (Lipinski definition) is 7. The van der Waals surface area contributed by atoms with Crippen LogP contribution in [0.5, 0.6) is 11.5 Å². The van der Waals surface area contributed by atoms with Crippen LogP contribution in [0.3, 0.4) is 0 Å². The zero-order valence-corrected chi connectivity index (χ0v) is 17.8. The van der Waals surface area contributed by atoms with Crippen LogP contribution in [0, 0.1) is 25.2 Å². The standard InChI is InChI=1S/C24H21N3O5/c1-4-30-21-13-17(12-19(14-25)23(28)26-22-11-16(3)32-27-22)8-9-20(21)31-24(29)18-7-5-6-15(2)10-18/h5-13H,4H2,1-3H3,(H,26,27,28)/b19-12-. The Morgan fingerprint density at radius 2 is 1.97 bits per heavy atom. The van der Waals surface area contributed by atoms with Crippen molar-refractivity contribution in [2.24, 2.45) is 0 Å². The maximum Gasteiger partial charge on any atom is 0.343 e. The van der Waals surface area contributed by atoms with E-state index in [0.29, 0.717) is 29.2 Å². The highest BCUT2D eigenvalue weighted by molar-refractivity contribution is 6.09. The summed E-state index contributed by atoms with van der Waals surface area (Å²) in [7, 11) is 0. The monoisotopic (exact) mass is 431 g/mol. The number of esters is 1. The van der Waals surface area contributed by atoms with Gasteiger partial charge in [0.25, 0.3) is 5.91 Å². The van der Waals surface area contributed by atoms with Gasteiger partial charge < -0.3 is 19.3 Å². The van der Waals surface area contributed by atoms with Gasteiger partial charge in [0.05, 0.1) is 12.2 Å². The fourth-order valence-electron chi connectivity index (χ4n) is 2.82. The zero-order valence-electron chi connectivity index (χ0n) is 17.8. The van der Waals surface area contributed by atoms with Gasteiger partial charge in [-0.25, -0.2) is 4.79 Å². The lowest BCUT2D eigenvalue weighted by molar-refractivity contribution is -0.112. The minimum Gasteiger partial charge on any atom is -0.490 e. The molecule has 3 aromatic rings. The van der Waals surface area contributed by atoms with Gasteiger partial charge in [-0.1, -0.05) is 28.9 Å². The predicted molar refractivity (Wildman–Crippen MR) is 117 cm³/mol. The Kier molecular flexibility index (Phi) is 7.03. The Morgan fingerprint density at radius 3 is 2.62 bits per heavy atom. The maximum atomic E-state index is 12.5. The first-order valence-corrected chi connectivity index (χ1v) is 9.81. The van der Waals surface area contributed by atoms with E-state index in [1.807, 2.05) is 19.1 Å². The summed E-state index contributed by atoms with van der Waals surface area (Å²) in [4.78, 5) is 24.9. The number of ether oxygens (including phenoxy) is 2. The smallest absolute Gasteiger partial charge is 0.343 e. The van der Waals surface area contributed by atoms with Crippen LogP contribution in [-0.2, 0) is 4.79 Å². The third kappa shape index (κ3) is 5.61. The number of carbonyl (C=O) groups excluding carboxylic acids is 2. The molecule has 8 nitrogen and oxygen atoms in total. The first-order chi connectivity index (χ1) is 15.4. The summed E-state index contributed by atoms with van der Waals surface area (Å²) in [5.74, 6) is 0.136. The molecule has 0 aliphatic rings. The SMILES string of the molecule is CCOc1cc(/C=C(/C#N)C(=O)Nc2cc(C)on2)ccc1OC(=O)c1cccc(C)c1. The van der Waals surface area contributed by atoms with E-state index in [-0.39, 0.29) is 17.1 Å². The van der Waals surface area contributed by atoms with Crippen LogP contribution >= 0.6 is 0 Å². The summed E-state index contributed by atoms with van der Waals surface area (Å²) in [6.07, 6.45) is 1.40. The molecule has 0 fully saturated rings. The molecule has 0 aliphatic carbocycles. The van der Waals surface area contributed by atoms with Gasteiger partial charge in [-0.3, -0.25) is 4.79 Å². The van der Waals surface area contributed by atoms with Crippen molar-refractivity contribution in [2.75, 3.05) is 11.9 Å². The average Bonchev–Trinajstić information content (AvgIpc) is 3.18. The molecule has 1 aromatic heterocycles. The van der Waals surface area contributed by atoms with Gasteiger partial charge in [0.1, 0.15) is 17.4 Å². The number of aryl methyl sites for hydroxylation is 2. The Labute approximate surface area is 185 Å². The van der Waals surface area contributed by atoms with Crippen LogP contribution in [0.15, 0.2) is 58.6 Å². The van der Waals surface area contributed by atoms with Crippen molar-refractivity contribution < 1.29 is 23.6 Å². The number of anilines is 1. The molecule has 0 saturated carbocycles. The van der Waals surface area contributed by atoms with Crippen LogP contribution in [0.1, 0.15) is 34.2 Å². The number of nitrogens with one attached hydrogen (secondary N) is 1. The van der Waals surface area contributed by atoms with Crippen molar-refractivity contribution in [3.63, 3.8) is 0 Å². The van der Waals surface area contributed by atoms with Gasteiger partial charge in [0.2, 0.25) is 0 Å². The average molecular weight is 431 g/mol. The summed E-state index contributed by atoms with van der Waals surface area (Å²) < 4.78 is 16.0. The summed E-state index contributed by atoms with van der Waals surface area (Å²) in [6.45, 7) is 5.70. The molecule has 0 spiro atoms. The molecule has 162 valence electrons. The molecule has 1 heterocycles. The summed E-state index contributed by atoms with van der Waals surface area (Å²) in [5.41, 5.74) is 1.74. The molecule has 3 rings (SSSR count). The molecule has 0 atom stereocenters. The third-order valence-corrected chi connectivity index (χ3v) is 4.27. The van der Waals surface area contributed by atoms with E-state index >= 15 is 0 Å². The summed E-state index contributed by atoms with van der Waals surface area (Å²) >= 11 is 0. The molecule has 2 aromatic carbocycles. The zero-order chi connectivity index (χ0) is 23.1. The third-order valence-electron chi connectivity index (χ3n) is 4.27.